The lowest BCUT2D eigenvalue weighted by atomic mass is 10.2. The van der Waals surface area contributed by atoms with E-state index in [4.69, 9.17) is 9.15 Å². The Hall–Kier alpha value is -1.82. The van der Waals surface area contributed by atoms with Gasteiger partial charge in [0.1, 0.15) is 6.04 Å². The predicted molar refractivity (Wildman–Crippen MR) is 67.7 cm³/mol. The normalized spacial score (nSPS) is 18.1. The van der Waals surface area contributed by atoms with Crippen LogP contribution < -0.4 is 0 Å². The van der Waals surface area contributed by atoms with Crippen LogP contribution in [-0.4, -0.2) is 61.0 Å². The van der Waals surface area contributed by atoms with Crippen LogP contribution in [0, 0.1) is 0 Å². The quantitative estimate of drug-likeness (QED) is 0.750. The number of nitrogens with zero attached hydrogens (tertiary/aromatic N) is 2. The molecule has 0 N–H and O–H groups in total. The molecule has 1 aliphatic rings. The van der Waals surface area contributed by atoms with Crippen molar-refractivity contribution < 1.29 is 18.7 Å². The molecule has 0 radical (unpaired) electrons. The highest BCUT2D eigenvalue weighted by Crippen LogP contribution is 2.11. The molecule has 0 bridgehead atoms. The highest BCUT2D eigenvalue weighted by Gasteiger charge is 2.28. The molecule has 104 valence electrons. The van der Waals surface area contributed by atoms with Crippen molar-refractivity contribution in [1.82, 2.24) is 9.80 Å². The van der Waals surface area contributed by atoms with Crippen LogP contribution in [0.1, 0.15) is 17.5 Å². The van der Waals surface area contributed by atoms with E-state index >= 15 is 0 Å². The van der Waals surface area contributed by atoms with Gasteiger partial charge in [-0.25, -0.2) is 0 Å². The molecule has 6 nitrogen and oxygen atoms in total. The van der Waals surface area contributed by atoms with Gasteiger partial charge >= 0.3 is 5.97 Å². The van der Waals surface area contributed by atoms with E-state index in [1.807, 2.05) is 11.8 Å². The number of methoxy groups -OCH3 is 1. The molecule has 1 aromatic rings. The highest BCUT2D eigenvalue weighted by atomic mass is 16.5. The number of furan rings is 1. The summed E-state index contributed by atoms with van der Waals surface area (Å²) in [4.78, 5) is 27.3. The molecule has 0 aromatic carbocycles. The monoisotopic (exact) mass is 266 g/mol. The van der Waals surface area contributed by atoms with Crippen molar-refractivity contribution in [2.45, 2.75) is 13.0 Å². The molecule has 1 aromatic heterocycles. The maximum atomic E-state index is 12.0. The van der Waals surface area contributed by atoms with Gasteiger partial charge in [0.15, 0.2) is 5.76 Å². The molecule has 1 fully saturated rings. The second kappa shape index (κ2) is 5.88. The standard InChI is InChI=1S/C13H18N2O4/c1-10(13(17)18-2)14-5-7-15(8-6-14)12(16)11-4-3-9-19-11/h3-4,9-10H,5-8H2,1-2H3. The first kappa shape index (κ1) is 13.6. The summed E-state index contributed by atoms with van der Waals surface area (Å²) in [6.07, 6.45) is 1.49. The molecule has 1 amide bonds. The van der Waals surface area contributed by atoms with Gasteiger partial charge in [-0.15, -0.1) is 0 Å². The molecular formula is C13H18N2O4. The molecule has 0 saturated carbocycles. The Morgan fingerprint density at radius 2 is 2.00 bits per heavy atom. The number of rotatable bonds is 3. The summed E-state index contributed by atoms with van der Waals surface area (Å²) in [5, 5.41) is 0. The average Bonchev–Trinajstić information content (AvgIpc) is 2.99. The van der Waals surface area contributed by atoms with Crippen LogP contribution in [0.4, 0.5) is 0 Å². The van der Waals surface area contributed by atoms with Gasteiger partial charge in [0.25, 0.3) is 5.91 Å². The van der Waals surface area contributed by atoms with E-state index in [-0.39, 0.29) is 17.9 Å². The molecule has 1 unspecified atom stereocenters. The maximum Gasteiger partial charge on any atom is 0.322 e. The van der Waals surface area contributed by atoms with Gasteiger partial charge in [0, 0.05) is 26.2 Å². The highest BCUT2D eigenvalue weighted by molar-refractivity contribution is 5.91. The molecule has 1 saturated heterocycles. The van der Waals surface area contributed by atoms with Crippen molar-refractivity contribution in [1.29, 1.82) is 0 Å². The summed E-state index contributed by atoms with van der Waals surface area (Å²) >= 11 is 0. The average molecular weight is 266 g/mol. The SMILES string of the molecule is COC(=O)C(C)N1CCN(C(=O)c2ccco2)CC1. The van der Waals surface area contributed by atoms with E-state index in [1.54, 1.807) is 17.0 Å². The third-order valence-electron chi connectivity index (χ3n) is 3.42. The molecular weight excluding hydrogens is 248 g/mol. The van der Waals surface area contributed by atoms with E-state index < -0.39 is 0 Å². The van der Waals surface area contributed by atoms with Crippen molar-refractivity contribution >= 4 is 11.9 Å². The number of esters is 1. The minimum Gasteiger partial charge on any atom is -0.468 e. The van der Waals surface area contributed by atoms with E-state index in [0.717, 1.165) is 0 Å². The number of ether oxygens (including phenoxy) is 1. The second-order valence-electron chi connectivity index (χ2n) is 4.50. The Bertz CT molecular complexity index is 436. The largest absolute Gasteiger partial charge is 0.468 e. The lowest BCUT2D eigenvalue weighted by Crippen LogP contribution is -2.53. The van der Waals surface area contributed by atoms with Crippen LogP contribution in [0.5, 0.6) is 0 Å². The van der Waals surface area contributed by atoms with Gasteiger partial charge in [-0.2, -0.15) is 0 Å². The van der Waals surface area contributed by atoms with Crippen molar-refractivity contribution in [2.24, 2.45) is 0 Å². The zero-order chi connectivity index (χ0) is 13.8. The van der Waals surface area contributed by atoms with Gasteiger partial charge in [0.2, 0.25) is 0 Å². The molecule has 19 heavy (non-hydrogen) atoms. The Morgan fingerprint density at radius 3 is 2.53 bits per heavy atom. The first-order valence-corrected chi connectivity index (χ1v) is 6.28. The predicted octanol–water partition coefficient (Wildman–Crippen LogP) is 0.599. The summed E-state index contributed by atoms with van der Waals surface area (Å²) in [5.74, 6) is 0.00986. The van der Waals surface area contributed by atoms with Crippen molar-refractivity contribution in [3.8, 4) is 0 Å². The van der Waals surface area contributed by atoms with Crippen LogP contribution in [0.3, 0.4) is 0 Å². The van der Waals surface area contributed by atoms with Gasteiger partial charge in [0.05, 0.1) is 13.4 Å². The van der Waals surface area contributed by atoms with E-state index in [0.29, 0.717) is 31.9 Å². The molecule has 1 aliphatic heterocycles. The van der Waals surface area contributed by atoms with Crippen molar-refractivity contribution in [2.75, 3.05) is 33.3 Å². The number of carbonyl (C=O) groups excluding carboxylic acids is 2. The number of hydrogen-bond acceptors (Lipinski definition) is 5. The molecule has 0 spiro atoms. The molecule has 2 rings (SSSR count). The molecule has 2 heterocycles. The molecule has 0 aliphatic carbocycles. The molecule has 6 heteroatoms. The zero-order valence-electron chi connectivity index (χ0n) is 11.2. The summed E-state index contributed by atoms with van der Waals surface area (Å²) in [6, 6.07) is 3.08. The van der Waals surface area contributed by atoms with Gasteiger partial charge in [-0.1, -0.05) is 0 Å². The van der Waals surface area contributed by atoms with E-state index in [2.05, 4.69) is 0 Å². The van der Waals surface area contributed by atoms with Crippen molar-refractivity contribution in [3.63, 3.8) is 0 Å². The van der Waals surface area contributed by atoms with E-state index in [1.165, 1.54) is 13.4 Å². The minimum absolute atomic E-state index is 0.102. The fraction of sp³-hybridized carbons (Fsp3) is 0.538. The Kier molecular flexibility index (Phi) is 4.21. The summed E-state index contributed by atoms with van der Waals surface area (Å²) < 4.78 is 9.82. The summed E-state index contributed by atoms with van der Waals surface area (Å²) in [6.45, 7) is 4.29. The van der Waals surface area contributed by atoms with Crippen molar-refractivity contribution in [3.05, 3.63) is 24.2 Å². The smallest absolute Gasteiger partial charge is 0.322 e. The Labute approximate surface area is 111 Å². The Balaban J connectivity index is 1.89. The maximum absolute atomic E-state index is 12.0. The van der Waals surface area contributed by atoms with Gasteiger partial charge in [-0.05, 0) is 19.1 Å². The van der Waals surface area contributed by atoms with Crippen LogP contribution in [0.25, 0.3) is 0 Å². The lowest BCUT2D eigenvalue weighted by Gasteiger charge is -2.36. The van der Waals surface area contributed by atoms with Crippen LogP contribution in [0.15, 0.2) is 22.8 Å². The first-order valence-electron chi connectivity index (χ1n) is 6.28. The third-order valence-corrected chi connectivity index (χ3v) is 3.42. The number of piperazine rings is 1. The number of amides is 1. The third kappa shape index (κ3) is 2.96. The lowest BCUT2D eigenvalue weighted by molar-refractivity contribution is -0.146. The fourth-order valence-corrected chi connectivity index (χ4v) is 2.19. The van der Waals surface area contributed by atoms with E-state index in [9.17, 15) is 9.59 Å². The van der Waals surface area contributed by atoms with Crippen LogP contribution >= 0.6 is 0 Å². The summed E-state index contributed by atoms with van der Waals surface area (Å²) in [5.41, 5.74) is 0. The number of hydrogen-bond donors (Lipinski definition) is 0. The van der Waals surface area contributed by atoms with Crippen LogP contribution in [0.2, 0.25) is 0 Å². The fourth-order valence-electron chi connectivity index (χ4n) is 2.19. The Morgan fingerprint density at radius 1 is 1.32 bits per heavy atom. The number of carbonyl (C=O) groups is 2. The zero-order valence-corrected chi connectivity index (χ0v) is 11.2. The minimum atomic E-state index is -0.272. The second-order valence-corrected chi connectivity index (χ2v) is 4.50. The van der Waals surface area contributed by atoms with Gasteiger partial charge in [-0.3, -0.25) is 14.5 Å². The topological polar surface area (TPSA) is 63.0 Å². The summed E-state index contributed by atoms with van der Waals surface area (Å²) in [7, 11) is 1.38. The first-order chi connectivity index (χ1) is 9.13. The molecule has 1 atom stereocenters. The van der Waals surface area contributed by atoms with Crippen LogP contribution in [-0.2, 0) is 9.53 Å². The van der Waals surface area contributed by atoms with Gasteiger partial charge < -0.3 is 14.1 Å².